The highest BCUT2D eigenvalue weighted by Crippen LogP contribution is 2.21. The third-order valence-electron chi connectivity index (χ3n) is 3.96. The highest BCUT2D eigenvalue weighted by molar-refractivity contribution is 5.89. The van der Waals surface area contributed by atoms with Crippen molar-refractivity contribution < 1.29 is 33.7 Å². The SMILES string of the molecule is C=CC(=O)OCc1cccc(C(=O)OCC(O)COC(=O)C(C)(C)CC)c1. The summed E-state index contributed by atoms with van der Waals surface area (Å²) in [4.78, 5) is 35.0. The van der Waals surface area contributed by atoms with Crippen LogP contribution in [-0.4, -0.2) is 42.3 Å². The predicted octanol–water partition coefficient (Wildman–Crippen LogP) is 2.41. The second kappa shape index (κ2) is 10.5. The molecule has 27 heavy (non-hydrogen) atoms. The van der Waals surface area contributed by atoms with E-state index in [9.17, 15) is 19.5 Å². The maximum absolute atomic E-state index is 12.1. The first-order valence-corrected chi connectivity index (χ1v) is 8.60. The monoisotopic (exact) mass is 378 g/mol. The molecule has 1 aromatic carbocycles. The Kier molecular flexibility index (Phi) is 8.68. The Labute approximate surface area is 158 Å². The average Bonchev–Trinajstić information content (AvgIpc) is 2.68. The lowest BCUT2D eigenvalue weighted by molar-refractivity contribution is -0.157. The van der Waals surface area contributed by atoms with Gasteiger partial charge in [0.2, 0.25) is 0 Å². The summed E-state index contributed by atoms with van der Waals surface area (Å²) >= 11 is 0. The Morgan fingerprint density at radius 1 is 1.19 bits per heavy atom. The van der Waals surface area contributed by atoms with Crippen molar-refractivity contribution in [2.45, 2.75) is 39.9 Å². The largest absolute Gasteiger partial charge is 0.462 e. The van der Waals surface area contributed by atoms with E-state index in [1.54, 1.807) is 26.0 Å². The molecule has 1 atom stereocenters. The van der Waals surface area contributed by atoms with Gasteiger partial charge in [0, 0.05) is 6.08 Å². The van der Waals surface area contributed by atoms with Gasteiger partial charge in [-0.1, -0.05) is 25.6 Å². The van der Waals surface area contributed by atoms with E-state index in [1.807, 2.05) is 6.92 Å². The number of ether oxygens (including phenoxy) is 3. The second-order valence-corrected chi connectivity index (χ2v) is 6.60. The van der Waals surface area contributed by atoms with Gasteiger partial charge >= 0.3 is 17.9 Å². The first-order valence-electron chi connectivity index (χ1n) is 8.60. The maximum atomic E-state index is 12.1. The van der Waals surface area contributed by atoms with Crippen molar-refractivity contribution in [3.05, 3.63) is 48.0 Å². The Morgan fingerprint density at radius 2 is 1.85 bits per heavy atom. The van der Waals surface area contributed by atoms with Gasteiger partial charge in [0.1, 0.15) is 25.9 Å². The zero-order valence-electron chi connectivity index (χ0n) is 15.9. The standard InChI is InChI=1S/C20H26O7/c1-5-17(22)25-11-14-8-7-9-15(10-14)18(23)26-12-16(21)13-27-19(24)20(3,4)6-2/h5,7-10,16,21H,1,6,11-13H2,2-4H3. The number of carbonyl (C=O) groups excluding carboxylic acids is 3. The van der Waals surface area contributed by atoms with Crippen LogP contribution < -0.4 is 0 Å². The van der Waals surface area contributed by atoms with E-state index in [-0.39, 0.29) is 25.4 Å². The lowest BCUT2D eigenvalue weighted by Gasteiger charge is -2.21. The molecule has 0 spiro atoms. The number of esters is 3. The molecule has 0 radical (unpaired) electrons. The summed E-state index contributed by atoms with van der Waals surface area (Å²) in [5.74, 6) is -1.63. The molecule has 1 rings (SSSR count). The van der Waals surface area contributed by atoms with Crippen LogP contribution in [-0.2, 0) is 30.4 Å². The minimum atomic E-state index is -1.12. The molecule has 0 aliphatic heterocycles. The molecule has 0 aliphatic carbocycles. The number of hydrogen-bond donors (Lipinski definition) is 1. The van der Waals surface area contributed by atoms with Crippen LogP contribution in [0.1, 0.15) is 43.1 Å². The van der Waals surface area contributed by atoms with Gasteiger partial charge in [-0.25, -0.2) is 9.59 Å². The molecule has 1 unspecified atom stereocenters. The molecular formula is C20H26O7. The summed E-state index contributed by atoms with van der Waals surface area (Å²) in [6.45, 7) is 8.10. The number of carbonyl (C=O) groups is 3. The zero-order valence-corrected chi connectivity index (χ0v) is 15.9. The number of hydrogen-bond acceptors (Lipinski definition) is 7. The summed E-state index contributed by atoms with van der Waals surface area (Å²) in [6.07, 6.45) is 0.533. The molecule has 7 heteroatoms. The van der Waals surface area contributed by atoms with Crippen LogP contribution in [0.2, 0.25) is 0 Å². The van der Waals surface area contributed by atoms with Gasteiger partial charge in [-0.15, -0.1) is 0 Å². The van der Waals surface area contributed by atoms with Crippen molar-refractivity contribution in [2.75, 3.05) is 13.2 Å². The third kappa shape index (κ3) is 7.62. The maximum Gasteiger partial charge on any atom is 0.338 e. The molecule has 1 aromatic rings. The van der Waals surface area contributed by atoms with Crippen molar-refractivity contribution >= 4 is 17.9 Å². The highest BCUT2D eigenvalue weighted by Gasteiger charge is 2.27. The van der Waals surface area contributed by atoms with Gasteiger partial charge in [0.25, 0.3) is 0 Å². The first-order chi connectivity index (χ1) is 12.7. The van der Waals surface area contributed by atoms with Crippen LogP contribution >= 0.6 is 0 Å². The van der Waals surface area contributed by atoms with Crippen LogP contribution in [0.3, 0.4) is 0 Å². The van der Waals surface area contributed by atoms with Crippen molar-refractivity contribution in [3.8, 4) is 0 Å². The van der Waals surface area contributed by atoms with E-state index in [0.717, 1.165) is 6.08 Å². The van der Waals surface area contributed by atoms with E-state index < -0.39 is 29.4 Å². The molecule has 148 valence electrons. The van der Waals surface area contributed by atoms with Crippen LogP contribution in [0.4, 0.5) is 0 Å². The van der Waals surface area contributed by atoms with E-state index in [2.05, 4.69) is 6.58 Å². The van der Waals surface area contributed by atoms with Crippen LogP contribution in [0.15, 0.2) is 36.9 Å². The first kappa shape index (κ1) is 22.4. The molecule has 0 bridgehead atoms. The fraction of sp³-hybridized carbons (Fsp3) is 0.450. The molecule has 0 aliphatic rings. The Bertz CT molecular complexity index is 679. The number of benzene rings is 1. The molecule has 0 fully saturated rings. The van der Waals surface area contributed by atoms with Crippen molar-refractivity contribution in [2.24, 2.45) is 5.41 Å². The number of rotatable bonds is 10. The molecule has 7 nitrogen and oxygen atoms in total. The van der Waals surface area contributed by atoms with E-state index in [0.29, 0.717) is 12.0 Å². The van der Waals surface area contributed by atoms with Crippen LogP contribution in [0, 0.1) is 5.41 Å². The van der Waals surface area contributed by atoms with Crippen molar-refractivity contribution in [1.29, 1.82) is 0 Å². The summed E-state index contributed by atoms with van der Waals surface area (Å²) < 4.78 is 15.0. The van der Waals surface area contributed by atoms with Gasteiger partial charge < -0.3 is 19.3 Å². The fourth-order valence-corrected chi connectivity index (χ4v) is 1.82. The minimum Gasteiger partial charge on any atom is -0.462 e. The minimum absolute atomic E-state index is 0.00222. The predicted molar refractivity (Wildman–Crippen MR) is 97.8 cm³/mol. The zero-order chi connectivity index (χ0) is 20.4. The molecule has 0 heterocycles. The molecule has 1 N–H and O–H groups in total. The molecular weight excluding hydrogens is 352 g/mol. The normalized spacial score (nSPS) is 12.0. The van der Waals surface area contributed by atoms with Crippen molar-refractivity contribution in [1.82, 2.24) is 0 Å². The summed E-state index contributed by atoms with van der Waals surface area (Å²) in [5.41, 5.74) is 0.223. The van der Waals surface area contributed by atoms with E-state index >= 15 is 0 Å². The van der Waals surface area contributed by atoms with Gasteiger partial charge in [0.05, 0.1) is 11.0 Å². The Hall–Kier alpha value is -2.67. The van der Waals surface area contributed by atoms with E-state index in [1.165, 1.54) is 12.1 Å². The van der Waals surface area contributed by atoms with Gasteiger partial charge in [-0.05, 0) is 38.0 Å². The Morgan fingerprint density at radius 3 is 2.48 bits per heavy atom. The quantitative estimate of drug-likeness (QED) is 0.379. The lowest BCUT2D eigenvalue weighted by atomic mass is 9.91. The summed E-state index contributed by atoms with van der Waals surface area (Å²) in [6, 6.07) is 6.38. The fourth-order valence-electron chi connectivity index (χ4n) is 1.82. The lowest BCUT2D eigenvalue weighted by Crippen LogP contribution is -2.31. The van der Waals surface area contributed by atoms with Crippen LogP contribution in [0.25, 0.3) is 0 Å². The second-order valence-electron chi connectivity index (χ2n) is 6.60. The van der Waals surface area contributed by atoms with E-state index in [4.69, 9.17) is 14.2 Å². The van der Waals surface area contributed by atoms with Gasteiger partial charge in [-0.3, -0.25) is 4.79 Å². The number of aliphatic hydroxyl groups excluding tert-OH is 1. The van der Waals surface area contributed by atoms with Crippen molar-refractivity contribution in [3.63, 3.8) is 0 Å². The topological polar surface area (TPSA) is 99.1 Å². The number of aliphatic hydroxyl groups is 1. The molecule has 0 amide bonds. The van der Waals surface area contributed by atoms with Gasteiger partial charge in [-0.2, -0.15) is 0 Å². The third-order valence-corrected chi connectivity index (χ3v) is 3.96. The molecule has 0 aromatic heterocycles. The molecule has 0 saturated heterocycles. The van der Waals surface area contributed by atoms with Crippen LogP contribution in [0.5, 0.6) is 0 Å². The summed E-state index contributed by atoms with van der Waals surface area (Å²) in [5, 5.41) is 9.84. The molecule has 0 saturated carbocycles. The highest BCUT2D eigenvalue weighted by atomic mass is 16.6. The smallest absolute Gasteiger partial charge is 0.338 e. The van der Waals surface area contributed by atoms with Gasteiger partial charge in [0.15, 0.2) is 0 Å². The Balaban J connectivity index is 2.48. The summed E-state index contributed by atoms with van der Waals surface area (Å²) in [7, 11) is 0. The average molecular weight is 378 g/mol.